The topological polar surface area (TPSA) is 33.2 Å². The number of nitrogens with zero attached hydrogens (tertiary/aromatic N) is 2. The molecule has 1 aromatic rings. The molecule has 1 aliphatic heterocycles. The van der Waals surface area contributed by atoms with Gasteiger partial charge in [0.1, 0.15) is 5.78 Å². The van der Waals surface area contributed by atoms with E-state index in [-0.39, 0.29) is 0 Å². The lowest BCUT2D eigenvalue weighted by Gasteiger charge is -2.38. The summed E-state index contributed by atoms with van der Waals surface area (Å²) in [4.78, 5) is 19.4. The van der Waals surface area contributed by atoms with Gasteiger partial charge in [0.05, 0.1) is 10.7 Å². The van der Waals surface area contributed by atoms with Crippen LogP contribution in [-0.2, 0) is 11.3 Å². The van der Waals surface area contributed by atoms with E-state index >= 15 is 0 Å². The molecule has 1 aliphatic carbocycles. The summed E-state index contributed by atoms with van der Waals surface area (Å²) in [6.45, 7) is 6.45. The Kier molecular flexibility index (Phi) is 4.75. The van der Waals surface area contributed by atoms with E-state index in [2.05, 4.69) is 24.1 Å². The SMILES string of the molecule is CC(C)c1nc(CN2CCCCC2C2CCCC2=O)cs1. The minimum Gasteiger partial charge on any atom is -0.299 e. The molecule has 4 heteroatoms. The van der Waals surface area contributed by atoms with E-state index in [1.165, 1.54) is 30.0 Å². The lowest BCUT2D eigenvalue weighted by atomic mass is 9.88. The smallest absolute Gasteiger partial charge is 0.137 e. The molecule has 3 nitrogen and oxygen atoms in total. The largest absolute Gasteiger partial charge is 0.299 e. The molecule has 2 heterocycles. The molecule has 2 atom stereocenters. The summed E-state index contributed by atoms with van der Waals surface area (Å²) in [6.07, 6.45) is 6.75. The quantitative estimate of drug-likeness (QED) is 0.843. The van der Waals surface area contributed by atoms with Crippen molar-refractivity contribution in [2.45, 2.75) is 70.9 Å². The summed E-state index contributed by atoms with van der Waals surface area (Å²) < 4.78 is 0. The van der Waals surface area contributed by atoms with Crippen molar-refractivity contribution >= 4 is 17.1 Å². The van der Waals surface area contributed by atoms with Crippen LogP contribution >= 0.6 is 11.3 Å². The van der Waals surface area contributed by atoms with Crippen LogP contribution in [0.5, 0.6) is 0 Å². The highest BCUT2D eigenvalue weighted by molar-refractivity contribution is 7.09. The van der Waals surface area contributed by atoms with Crippen molar-refractivity contribution in [3.63, 3.8) is 0 Å². The van der Waals surface area contributed by atoms with E-state index < -0.39 is 0 Å². The second-order valence-electron chi connectivity index (χ2n) is 6.83. The summed E-state index contributed by atoms with van der Waals surface area (Å²) in [5.41, 5.74) is 1.20. The summed E-state index contributed by atoms with van der Waals surface area (Å²) in [5.74, 6) is 1.32. The van der Waals surface area contributed by atoms with E-state index in [1.807, 2.05) is 0 Å². The van der Waals surface area contributed by atoms with Crippen LogP contribution in [0, 0.1) is 5.92 Å². The van der Waals surface area contributed by atoms with Crippen molar-refractivity contribution in [3.05, 3.63) is 16.1 Å². The van der Waals surface area contributed by atoms with Crippen LogP contribution in [-0.4, -0.2) is 28.3 Å². The van der Waals surface area contributed by atoms with Crippen LogP contribution in [0.2, 0.25) is 0 Å². The molecule has 1 saturated carbocycles. The van der Waals surface area contributed by atoms with Crippen molar-refractivity contribution in [1.82, 2.24) is 9.88 Å². The Morgan fingerprint density at radius 2 is 2.19 bits per heavy atom. The van der Waals surface area contributed by atoms with Gasteiger partial charge in [0.2, 0.25) is 0 Å². The maximum atomic E-state index is 12.1. The van der Waals surface area contributed by atoms with Crippen LogP contribution in [0.15, 0.2) is 5.38 Å². The zero-order chi connectivity index (χ0) is 14.8. The molecule has 1 aromatic heterocycles. The van der Waals surface area contributed by atoms with E-state index in [0.717, 1.165) is 32.4 Å². The molecule has 0 bridgehead atoms. The molecule has 0 spiro atoms. The van der Waals surface area contributed by atoms with Gasteiger partial charge in [-0.3, -0.25) is 9.69 Å². The number of thiazole rings is 1. The van der Waals surface area contributed by atoms with E-state index in [9.17, 15) is 4.79 Å². The fraction of sp³-hybridized carbons (Fsp3) is 0.765. The third-order valence-electron chi connectivity index (χ3n) is 4.91. The highest BCUT2D eigenvalue weighted by Gasteiger charge is 2.36. The summed E-state index contributed by atoms with van der Waals surface area (Å²) in [7, 11) is 0. The third kappa shape index (κ3) is 3.37. The highest BCUT2D eigenvalue weighted by atomic mass is 32.1. The Balaban J connectivity index is 1.70. The Bertz CT molecular complexity index is 497. The van der Waals surface area contributed by atoms with Crippen LogP contribution in [0.25, 0.3) is 0 Å². The number of hydrogen-bond acceptors (Lipinski definition) is 4. The first-order valence-corrected chi connectivity index (χ1v) is 9.24. The standard InChI is InChI=1S/C17H26N2OS/c1-12(2)17-18-13(11-21-17)10-19-9-4-3-7-15(19)14-6-5-8-16(14)20/h11-12,14-15H,3-10H2,1-2H3. The van der Waals surface area contributed by atoms with Gasteiger partial charge in [0, 0.05) is 36.2 Å². The van der Waals surface area contributed by atoms with E-state index in [4.69, 9.17) is 4.98 Å². The predicted octanol–water partition coefficient (Wildman–Crippen LogP) is 3.99. The van der Waals surface area contributed by atoms with Crippen molar-refractivity contribution in [2.24, 2.45) is 5.92 Å². The molecule has 0 amide bonds. The Morgan fingerprint density at radius 3 is 2.86 bits per heavy atom. The number of carbonyl (C=O) groups excluding carboxylic acids is 1. The normalized spacial score (nSPS) is 27.7. The van der Waals surface area contributed by atoms with Gasteiger partial charge in [-0.15, -0.1) is 11.3 Å². The molecule has 1 saturated heterocycles. The number of hydrogen-bond donors (Lipinski definition) is 0. The van der Waals surface area contributed by atoms with Crippen LogP contribution in [0.4, 0.5) is 0 Å². The molecule has 21 heavy (non-hydrogen) atoms. The maximum Gasteiger partial charge on any atom is 0.137 e. The first-order valence-electron chi connectivity index (χ1n) is 8.36. The van der Waals surface area contributed by atoms with Crippen molar-refractivity contribution in [3.8, 4) is 0 Å². The fourth-order valence-electron chi connectivity index (χ4n) is 3.79. The summed E-state index contributed by atoms with van der Waals surface area (Å²) >= 11 is 1.78. The van der Waals surface area contributed by atoms with E-state index in [0.29, 0.717) is 23.7 Å². The van der Waals surface area contributed by atoms with Crippen LogP contribution < -0.4 is 0 Å². The first-order chi connectivity index (χ1) is 10.1. The first kappa shape index (κ1) is 15.2. The average molecular weight is 306 g/mol. The highest BCUT2D eigenvalue weighted by Crippen LogP contribution is 2.33. The minimum absolute atomic E-state index is 0.300. The van der Waals surface area contributed by atoms with Crippen molar-refractivity contribution in [1.29, 1.82) is 0 Å². The molecule has 2 fully saturated rings. The van der Waals surface area contributed by atoms with Gasteiger partial charge in [0.15, 0.2) is 0 Å². The average Bonchev–Trinajstić information content (AvgIpc) is 3.09. The number of Topliss-reactive ketones (excluding diaryl/α,β-unsaturated/α-hetero) is 1. The number of ketones is 1. The molecule has 0 N–H and O–H groups in total. The Hall–Kier alpha value is -0.740. The van der Waals surface area contributed by atoms with Crippen LogP contribution in [0.3, 0.4) is 0 Å². The van der Waals surface area contributed by atoms with Crippen molar-refractivity contribution in [2.75, 3.05) is 6.54 Å². The molecule has 0 aromatic carbocycles. The van der Waals surface area contributed by atoms with Gasteiger partial charge in [-0.2, -0.15) is 0 Å². The van der Waals surface area contributed by atoms with Gasteiger partial charge >= 0.3 is 0 Å². The maximum absolute atomic E-state index is 12.1. The van der Waals surface area contributed by atoms with Crippen molar-refractivity contribution < 1.29 is 4.79 Å². The number of rotatable bonds is 4. The molecule has 3 rings (SSSR count). The summed E-state index contributed by atoms with van der Waals surface area (Å²) in [5, 5.41) is 3.44. The zero-order valence-corrected chi connectivity index (χ0v) is 14.0. The van der Waals surface area contributed by atoms with Gasteiger partial charge in [0.25, 0.3) is 0 Å². The molecule has 2 aliphatic rings. The predicted molar refractivity (Wildman–Crippen MR) is 86.6 cm³/mol. The Labute approximate surface area is 131 Å². The van der Waals surface area contributed by atoms with Gasteiger partial charge < -0.3 is 0 Å². The van der Waals surface area contributed by atoms with Crippen LogP contribution in [0.1, 0.15) is 69.0 Å². The second-order valence-corrected chi connectivity index (χ2v) is 7.72. The molecule has 116 valence electrons. The molecular formula is C17H26N2OS. The molecule has 2 unspecified atom stereocenters. The van der Waals surface area contributed by atoms with E-state index in [1.54, 1.807) is 11.3 Å². The Morgan fingerprint density at radius 1 is 1.33 bits per heavy atom. The lowest BCUT2D eigenvalue weighted by Crippen LogP contribution is -2.44. The van der Waals surface area contributed by atoms with Gasteiger partial charge in [-0.05, 0) is 32.2 Å². The molecular weight excluding hydrogens is 280 g/mol. The lowest BCUT2D eigenvalue weighted by molar-refractivity contribution is -0.123. The fourth-order valence-corrected chi connectivity index (χ4v) is 4.61. The third-order valence-corrected chi connectivity index (χ3v) is 6.10. The zero-order valence-electron chi connectivity index (χ0n) is 13.2. The van der Waals surface area contributed by atoms with Gasteiger partial charge in [-0.1, -0.05) is 20.3 Å². The van der Waals surface area contributed by atoms with Gasteiger partial charge in [-0.25, -0.2) is 4.98 Å². The summed E-state index contributed by atoms with van der Waals surface area (Å²) in [6, 6.07) is 0.470. The number of carbonyl (C=O) groups is 1. The second kappa shape index (κ2) is 6.57. The monoisotopic (exact) mass is 306 g/mol. The number of aromatic nitrogens is 1. The number of likely N-dealkylation sites (tertiary alicyclic amines) is 1. The molecule has 0 radical (unpaired) electrons. The minimum atomic E-state index is 0.300. The number of piperidine rings is 1.